The van der Waals surface area contributed by atoms with E-state index in [9.17, 15) is 0 Å². The zero-order chi connectivity index (χ0) is 10.0. The summed E-state index contributed by atoms with van der Waals surface area (Å²) in [6, 6.07) is 0. The van der Waals surface area contributed by atoms with E-state index in [0.717, 1.165) is 15.8 Å². The van der Waals surface area contributed by atoms with Gasteiger partial charge in [0.25, 0.3) is 0 Å². The number of hydrogen-bond donors (Lipinski definition) is 0. The molecule has 0 atom stereocenters. The summed E-state index contributed by atoms with van der Waals surface area (Å²) in [7, 11) is 1.44. The van der Waals surface area contributed by atoms with Crippen LogP contribution in [0.15, 0.2) is 0 Å². The molecular formula is C12H23BrSi. The molecule has 2 heteroatoms. The highest BCUT2D eigenvalue weighted by molar-refractivity contribution is 9.09. The molecule has 0 heterocycles. The smallest absolute Gasteiger partial charge is 0.0146 e. The van der Waals surface area contributed by atoms with E-state index in [0.29, 0.717) is 0 Å². The first-order valence-electron chi connectivity index (χ1n) is 6.35. The van der Waals surface area contributed by atoms with Crippen LogP contribution in [-0.4, -0.2) is 15.1 Å². The van der Waals surface area contributed by atoms with Crippen LogP contribution in [0.25, 0.3) is 0 Å². The number of hydrogen-bond acceptors (Lipinski definition) is 0. The van der Waals surface area contributed by atoms with Crippen LogP contribution in [0.4, 0.5) is 0 Å². The fourth-order valence-electron chi connectivity index (χ4n) is 3.45. The van der Waals surface area contributed by atoms with Crippen LogP contribution in [0.5, 0.6) is 0 Å². The van der Waals surface area contributed by atoms with Gasteiger partial charge in [-0.1, -0.05) is 48.0 Å². The Morgan fingerprint density at radius 3 is 2.07 bits per heavy atom. The minimum absolute atomic E-state index is 0.838. The number of halogens is 1. The maximum Gasteiger partial charge on any atom is 0.0146 e. The van der Waals surface area contributed by atoms with E-state index >= 15 is 0 Å². The molecule has 0 aromatic heterocycles. The zero-order valence-corrected chi connectivity index (χ0v) is 13.0. The van der Waals surface area contributed by atoms with Crippen LogP contribution in [0.1, 0.15) is 57.8 Å². The van der Waals surface area contributed by atoms with Crippen molar-refractivity contribution in [1.82, 2.24) is 0 Å². The van der Waals surface area contributed by atoms with E-state index in [4.69, 9.17) is 0 Å². The fraction of sp³-hybridized carbons (Fsp3) is 1.00. The molecule has 2 rings (SSSR count). The molecule has 0 bridgehead atoms. The highest BCUT2D eigenvalue weighted by atomic mass is 79.9. The molecule has 0 N–H and O–H groups in total. The van der Waals surface area contributed by atoms with Gasteiger partial charge >= 0.3 is 0 Å². The van der Waals surface area contributed by atoms with E-state index < -0.39 is 0 Å². The maximum atomic E-state index is 3.78. The highest BCUT2D eigenvalue weighted by Gasteiger charge is 2.37. The topological polar surface area (TPSA) is 0 Å². The van der Waals surface area contributed by atoms with Gasteiger partial charge in [0.2, 0.25) is 0 Å². The van der Waals surface area contributed by atoms with Crippen LogP contribution in [0.2, 0.25) is 5.04 Å². The lowest BCUT2D eigenvalue weighted by atomic mass is 9.72. The third-order valence-electron chi connectivity index (χ3n) is 4.65. The minimum atomic E-state index is 0.838. The first-order chi connectivity index (χ1) is 6.71. The second-order valence-corrected chi connectivity index (χ2v) is 8.95. The van der Waals surface area contributed by atoms with E-state index in [1.165, 1.54) is 55.2 Å². The standard InChI is InChI=1S/C12H23BrSi/c13-11-6-8-12(14,9-7-11)10-4-2-1-3-5-10/h10-11H,1-9H2,14H3. The predicted octanol–water partition coefficient (Wildman–Crippen LogP) is 3.43. The summed E-state index contributed by atoms with van der Waals surface area (Å²) in [5.41, 5.74) is 0. The van der Waals surface area contributed by atoms with Crippen LogP contribution in [0.3, 0.4) is 0 Å². The summed E-state index contributed by atoms with van der Waals surface area (Å²) >= 11 is 3.78. The molecule has 2 saturated carbocycles. The van der Waals surface area contributed by atoms with Crippen molar-refractivity contribution in [3.05, 3.63) is 0 Å². The molecule has 0 nitrogen and oxygen atoms in total. The molecule has 2 fully saturated rings. The van der Waals surface area contributed by atoms with Gasteiger partial charge in [0, 0.05) is 15.1 Å². The second kappa shape index (κ2) is 4.69. The molecule has 0 radical (unpaired) electrons. The number of rotatable bonds is 1. The van der Waals surface area contributed by atoms with Gasteiger partial charge in [-0.25, -0.2) is 0 Å². The molecule has 0 aromatic carbocycles. The first-order valence-corrected chi connectivity index (χ1v) is 8.26. The molecule has 0 unspecified atom stereocenters. The lowest BCUT2D eigenvalue weighted by Gasteiger charge is -2.44. The van der Waals surface area contributed by atoms with Crippen LogP contribution < -0.4 is 0 Å². The van der Waals surface area contributed by atoms with Crippen molar-refractivity contribution in [2.24, 2.45) is 5.92 Å². The molecule has 0 saturated heterocycles. The van der Waals surface area contributed by atoms with E-state index in [1.807, 2.05) is 0 Å². The Balaban J connectivity index is 1.93. The zero-order valence-electron chi connectivity index (χ0n) is 9.40. The molecule has 2 aliphatic carbocycles. The molecule has 0 spiro atoms. The summed E-state index contributed by atoms with van der Waals surface area (Å²) in [6.45, 7) is 0. The van der Waals surface area contributed by atoms with Gasteiger partial charge in [0.05, 0.1) is 0 Å². The van der Waals surface area contributed by atoms with Crippen LogP contribution >= 0.6 is 15.9 Å². The summed E-state index contributed by atoms with van der Waals surface area (Å²) in [4.78, 5) is 0.841. The fourth-order valence-corrected chi connectivity index (χ4v) is 5.06. The lowest BCUT2D eigenvalue weighted by Crippen LogP contribution is -2.30. The van der Waals surface area contributed by atoms with Crippen LogP contribution in [0, 0.1) is 5.92 Å². The average molecular weight is 275 g/mol. The second-order valence-electron chi connectivity index (χ2n) is 5.66. The van der Waals surface area contributed by atoms with Crippen molar-refractivity contribution in [2.45, 2.75) is 67.7 Å². The predicted molar refractivity (Wildman–Crippen MR) is 70.4 cm³/mol. The third kappa shape index (κ3) is 2.44. The largest absolute Gasteiger partial charge is 0.0891 e. The Hall–Kier alpha value is 0.697. The van der Waals surface area contributed by atoms with Gasteiger partial charge in [0.1, 0.15) is 0 Å². The van der Waals surface area contributed by atoms with Gasteiger partial charge in [0.15, 0.2) is 0 Å². The average Bonchev–Trinajstić information content (AvgIpc) is 2.24. The monoisotopic (exact) mass is 274 g/mol. The molecule has 0 amide bonds. The molecule has 0 aliphatic heterocycles. The van der Waals surface area contributed by atoms with Crippen molar-refractivity contribution in [3.8, 4) is 0 Å². The highest BCUT2D eigenvalue weighted by Crippen LogP contribution is 2.52. The lowest BCUT2D eigenvalue weighted by molar-refractivity contribution is 0.216. The Morgan fingerprint density at radius 1 is 0.929 bits per heavy atom. The molecule has 2 aliphatic rings. The van der Waals surface area contributed by atoms with Gasteiger partial charge < -0.3 is 0 Å². The van der Waals surface area contributed by atoms with Crippen molar-refractivity contribution in [3.63, 3.8) is 0 Å². The first kappa shape index (κ1) is 11.2. The Labute approximate surface area is 99.8 Å². The van der Waals surface area contributed by atoms with Crippen molar-refractivity contribution in [2.75, 3.05) is 0 Å². The quantitative estimate of drug-likeness (QED) is 0.508. The SMILES string of the molecule is [SiH3]C1(C2CCCCC2)CCC(Br)CC1. The van der Waals surface area contributed by atoms with E-state index in [2.05, 4.69) is 15.9 Å². The Kier molecular flexibility index (Phi) is 3.75. The van der Waals surface area contributed by atoms with Crippen molar-refractivity contribution < 1.29 is 0 Å². The molecule has 14 heavy (non-hydrogen) atoms. The maximum absolute atomic E-state index is 3.78. The Bertz CT molecular complexity index is 179. The van der Waals surface area contributed by atoms with Crippen molar-refractivity contribution >= 4 is 26.2 Å². The van der Waals surface area contributed by atoms with Gasteiger partial charge in [-0.05, 0) is 36.6 Å². The Morgan fingerprint density at radius 2 is 1.50 bits per heavy atom. The van der Waals surface area contributed by atoms with Crippen molar-refractivity contribution in [1.29, 1.82) is 0 Å². The minimum Gasteiger partial charge on any atom is -0.0891 e. The summed E-state index contributed by atoms with van der Waals surface area (Å²) in [5, 5.41) is 0.838. The summed E-state index contributed by atoms with van der Waals surface area (Å²) < 4.78 is 0. The van der Waals surface area contributed by atoms with Gasteiger partial charge in [-0.2, -0.15) is 0 Å². The third-order valence-corrected chi connectivity index (χ3v) is 7.38. The van der Waals surface area contributed by atoms with Gasteiger partial charge in [-0.3, -0.25) is 0 Å². The number of alkyl halides is 1. The van der Waals surface area contributed by atoms with Crippen LogP contribution in [-0.2, 0) is 0 Å². The molecule has 0 aromatic rings. The van der Waals surface area contributed by atoms with E-state index in [1.54, 1.807) is 12.8 Å². The van der Waals surface area contributed by atoms with Gasteiger partial charge in [-0.15, -0.1) is 0 Å². The molecule has 82 valence electrons. The summed E-state index contributed by atoms with van der Waals surface area (Å²) in [5.74, 6) is 1.11. The normalized spacial score (nSPS) is 41.4. The summed E-state index contributed by atoms with van der Waals surface area (Å²) in [6.07, 6.45) is 13.6. The van der Waals surface area contributed by atoms with E-state index in [-0.39, 0.29) is 0 Å². The molecular weight excluding hydrogens is 252 g/mol.